The van der Waals surface area contributed by atoms with Crippen molar-refractivity contribution in [1.29, 1.82) is 0 Å². The maximum atomic E-state index is 12.6. The van der Waals surface area contributed by atoms with E-state index in [0.29, 0.717) is 18.4 Å². The molecule has 27 heavy (non-hydrogen) atoms. The second-order valence-electron chi connectivity index (χ2n) is 6.74. The average Bonchev–Trinajstić information content (AvgIpc) is 3.02. The lowest BCUT2D eigenvalue weighted by atomic mass is 10.0. The number of hydrogen-bond donors (Lipinski definition) is 0. The van der Waals surface area contributed by atoms with Crippen LogP contribution in [0.4, 0.5) is 0 Å². The van der Waals surface area contributed by atoms with Crippen LogP contribution in [0.15, 0.2) is 48.5 Å². The van der Waals surface area contributed by atoms with E-state index in [0.717, 1.165) is 33.1 Å². The molecular formula is C23H23NO2S. The first-order chi connectivity index (χ1) is 13.0. The van der Waals surface area contributed by atoms with E-state index < -0.39 is 0 Å². The van der Waals surface area contributed by atoms with Gasteiger partial charge < -0.3 is 0 Å². The number of ketones is 2. The minimum atomic E-state index is 0.0472. The predicted molar refractivity (Wildman–Crippen MR) is 111 cm³/mol. The molecule has 0 N–H and O–H groups in total. The van der Waals surface area contributed by atoms with Gasteiger partial charge in [0, 0.05) is 22.4 Å². The van der Waals surface area contributed by atoms with Crippen molar-refractivity contribution in [3.63, 3.8) is 0 Å². The maximum Gasteiger partial charge on any atom is 0.169 e. The lowest BCUT2D eigenvalue weighted by Gasteiger charge is -2.02. The topological polar surface area (TPSA) is 47.0 Å². The van der Waals surface area contributed by atoms with Crippen LogP contribution in [-0.2, 0) is 24.1 Å². The Morgan fingerprint density at radius 1 is 0.926 bits per heavy atom. The second-order valence-corrected chi connectivity index (χ2v) is 8.03. The number of Topliss-reactive ketones (excluding diaryl/α,β-unsaturated/α-hetero) is 2. The van der Waals surface area contributed by atoms with E-state index in [9.17, 15) is 9.59 Å². The number of nitrogens with zero attached hydrogens (tertiary/aromatic N) is 1. The Balaban J connectivity index is 1.73. The van der Waals surface area contributed by atoms with Gasteiger partial charge in [0.1, 0.15) is 10.8 Å². The van der Waals surface area contributed by atoms with E-state index >= 15 is 0 Å². The number of aromatic nitrogens is 1. The third kappa shape index (κ3) is 4.77. The Morgan fingerprint density at radius 3 is 2.15 bits per heavy atom. The summed E-state index contributed by atoms with van der Waals surface area (Å²) in [6.07, 6.45) is 1.71. The fourth-order valence-electron chi connectivity index (χ4n) is 3.03. The standard InChI is InChI=1S/C23H23NO2S/c1-4-17-5-11-20(12-6-17)23-16(3)27-22(24-23)14-21(26)19-9-7-18(8-10-19)13-15(2)25/h5-12H,4,13-14H2,1-3H3. The molecule has 0 aliphatic heterocycles. The third-order valence-electron chi connectivity index (χ3n) is 4.52. The number of benzene rings is 2. The summed E-state index contributed by atoms with van der Waals surface area (Å²) in [5.74, 6) is 0.165. The summed E-state index contributed by atoms with van der Waals surface area (Å²) in [6, 6.07) is 15.7. The van der Waals surface area contributed by atoms with Gasteiger partial charge >= 0.3 is 0 Å². The molecule has 0 saturated heterocycles. The minimum Gasteiger partial charge on any atom is -0.300 e. The molecule has 0 spiro atoms. The van der Waals surface area contributed by atoms with Gasteiger partial charge in [0.2, 0.25) is 0 Å². The highest BCUT2D eigenvalue weighted by atomic mass is 32.1. The molecule has 0 unspecified atom stereocenters. The van der Waals surface area contributed by atoms with Crippen LogP contribution in [-0.4, -0.2) is 16.6 Å². The van der Waals surface area contributed by atoms with Gasteiger partial charge in [-0.05, 0) is 31.4 Å². The SMILES string of the molecule is CCc1ccc(-c2nc(CC(=O)c3ccc(CC(C)=O)cc3)sc2C)cc1. The first-order valence-electron chi connectivity index (χ1n) is 9.13. The van der Waals surface area contributed by atoms with Crippen LogP contribution < -0.4 is 0 Å². The Kier molecular flexibility index (Phi) is 5.97. The molecular weight excluding hydrogens is 354 g/mol. The highest BCUT2D eigenvalue weighted by Crippen LogP contribution is 2.28. The Bertz CT molecular complexity index is 953. The summed E-state index contributed by atoms with van der Waals surface area (Å²) in [5.41, 5.74) is 4.94. The first-order valence-corrected chi connectivity index (χ1v) is 9.95. The number of aryl methyl sites for hydroxylation is 2. The summed E-state index contributed by atoms with van der Waals surface area (Å²) in [7, 11) is 0. The molecule has 0 atom stereocenters. The van der Waals surface area contributed by atoms with Crippen LogP contribution in [0.25, 0.3) is 11.3 Å². The van der Waals surface area contributed by atoms with Crippen molar-refractivity contribution in [3.8, 4) is 11.3 Å². The molecule has 2 aromatic carbocycles. The second kappa shape index (κ2) is 8.40. The van der Waals surface area contributed by atoms with Crippen molar-refractivity contribution in [2.75, 3.05) is 0 Å². The maximum absolute atomic E-state index is 12.6. The van der Waals surface area contributed by atoms with E-state index in [1.807, 2.05) is 19.1 Å². The predicted octanol–water partition coefficient (Wildman–Crippen LogP) is 5.24. The van der Waals surface area contributed by atoms with Gasteiger partial charge in [0.15, 0.2) is 5.78 Å². The quantitative estimate of drug-likeness (QED) is 0.529. The van der Waals surface area contributed by atoms with Crippen molar-refractivity contribution < 1.29 is 9.59 Å². The summed E-state index contributed by atoms with van der Waals surface area (Å²) in [4.78, 5) is 29.6. The molecule has 0 saturated carbocycles. The number of carbonyl (C=O) groups excluding carboxylic acids is 2. The van der Waals surface area contributed by atoms with Crippen molar-refractivity contribution in [3.05, 3.63) is 75.1 Å². The zero-order chi connectivity index (χ0) is 19.4. The van der Waals surface area contributed by atoms with E-state index in [1.54, 1.807) is 30.4 Å². The molecule has 1 heterocycles. The van der Waals surface area contributed by atoms with Gasteiger partial charge in [0.05, 0.1) is 12.1 Å². The summed E-state index contributed by atoms with van der Waals surface area (Å²) < 4.78 is 0. The Hall–Kier alpha value is -2.59. The van der Waals surface area contributed by atoms with Gasteiger partial charge in [-0.3, -0.25) is 9.59 Å². The average molecular weight is 378 g/mol. The Labute approximate surface area is 164 Å². The number of hydrogen-bond acceptors (Lipinski definition) is 4. The van der Waals surface area contributed by atoms with Crippen LogP contribution >= 0.6 is 11.3 Å². The van der Waals surface area contributed by atoms with E-state index in [2.05, 4.69) is 31.2 Å². The van der Waals surface area contributed by atoms with Crippen LogP contribution in [0.2, 0.25) is 0 Å². The molecule has 138 valence electrons. The number of thiazole rings is 1. The van der Waals surface area contributed by atoms with Gasteiger partial charge in [0.25, 0.3) is 0 Å². The van der Waals surface area contributed by atoms with Gasteiger partial charge in [-0.1, -0.05) is 55.5 Å². The molecule has 0 amide bonds. The van der Waals surface area contributed by atoms with Gasteiger partial charge in [-0.2, -0.15) is 0 Å². The zero-order valence-corrected chi connectivity index (χ0v) is 16.7. The smallest absolute Gasteiger partial charge is 0.169 e. The zero-order valence-electron chi connectivity index (χ0n) is 15.9. The normalized spacial score (nSPS) is 10.8. The fraction of sp³-hybridized carbons (Fsp3) is 0.261. The summed E-state index contributed by atoms with van der Waals surface area (Å²) >= 11 is 1.58. The molecule has 1 aromatic heterocycles. The molecule has 3 nitrogen and oxygen atoms in total. The van der Waals surface area contributed by atoms with Crippen molar-refractivity contribution in [1.82, 2.24) is 4.98 Å². The van der Waals surface area contributed by atoms with Crippen LogP contribution in [0.3, 0.4) is 0 Å². The van der Waals surface area contributed by atoms with Gasteiger partial charge in [-0.15, -0.1) is 11.3 Å². The molecule has 3 aromatic rings. The summed E-state index contributed by atoms with van der Waals surface area (Å²) in [5, 5.41) is 0.833. The molecule has 0 bridgehead atoms. The molecule has 0 aliphatic rings. The lowest BCUT2D eigenvalue weighted by Crippen LogP contribution is -2.04. The molecule has 0 radical (unpaired) electrons. The van der Waals surface area contributed by atoms with Crippen molar-refractivity contribution in [2.24, 2.45) is 0 Å². The van der Waals surface area contributed by atoms with E-state index in [-0.39, 0.29) is 11.6 Å². The monoisotopic (exact) mass is 377 g/mol. The van der Waals surface area contributed by atoms with Gasteiger partial charge in [-0.25, -0.2) is 4.98 Å². The third-order valence-corrected chi connectivity index (χ3v) is 5.49. The molecule has 0 aliphatic carbocycles. The summed E-state index contributed by atoms with van der Waals surface area (Å²) in [6.45, 7) is 5.75. The first kappa shape index (κ1) is 19.2. The number of carbonyl (C=O) groups is 2. The molecule has 4 heteroatoms. The van der Waals surface area contributed by atoms with E-state index in [1.165, 1.54) is 5.56 Å². The molecule has 0 fully saturated rings. The van der Waals surface area contributed by atoms with Crippen LogP contribution in [0.5, 0.6) is 0 Å². The number of rotatable bonds is 7. The highest BCUT2D eigenvalue weighted by Gasteiger charge is 2.14. The fourth-order valence-corrected chi connectivity index (χ4v) is 3.98. The van der Waals surface area contributed by atoms with Crippen LogP contribution in [0, 0.1) is 6.92 Å². The van der Waals surface area contributed by atoms with Crippen LogP contribution in [0.1, 0.15) is 45.2 Å². The van der Waals surface area contributed by atoms with Crippen molar-refractivity contribution in [2.45, 2.75) is 40.0 Å². The van der Waals surface area contributed by atoms with Crippen molar-refractivity contribution >= 4 is 22.9 Å². The lowest BCUT2D eigenvalue weighted by molar-refractivity contribution is -0.116. The highest BCUT2D eigenvalue weighted by molar-refractivity contribution is 7.12. The Morgan fingerprint density at radius 2 is 1.56 bits per heavy atom. The van der Waals surface area contributed by atoms with E-state index in [4.69, 9.17) is 4.98 Å². The largest absolute Gasteiger partial charge is 0.300 e. The molecule has 3 rings (SSSR count). The minimum absolute atomic E-state index is 0.0472.